The van der Waals surface area contributed by atoms with Gasteiger partial charge in [-0.25, -0.2) is 5.43 Å². The van der Waals surface area contributed by atoms with Crippen LogP contribution >= 0.6 is 34.8 Å². The molecule has 0 saturated heterocycles. The summed E-state index contributed by atoms with van der Waals surface area (Å²) in [5.74, 6) is 0.0128. The molecule has 0 atom stereocenters. The number of benzene rings is 2. The molecule has 164 valence electrons. The molecule has 0 unspecified atom stereocenters. The summed E-state index contributed by atoms with van der Waals surface area (Å²) < 4.78 is 5.88. The lowest BCUT2D eigenvalue weighted by molar-refractivity contribution is 0.0953. The number of rotatable bonds is 4. The molecule has 1 aliphatic rings. The monoisotopic (exact) mass is 489 g/mol. The number of hydrogen-bond donors (Lipinski definition) is 2. The van der Waals surface area contributed by atoms with Gasteiger partial charge >= 0.3 is 0 Å². The first-order valence-electron chi connectivity index (χ1n) is 9.85. The van der Waals surface area contributed by atoms with E-state index in [1.54, 1.807) is 49.4 Å². The van der Waals surface area contributed by atoms with Crippen molar-refractivity contribution in [3.05, 3.63) is 85.7 Å². The van der Waals surface area contributed by atoms with Gasteiger partial charge in [0.05, 0.1) is 16.4 Å². The second-order valence-electron chi connectivity index (χ2n) is 7.30. The van der Waals surface area contributed by atoms with Gasteiger partial charge in [-0.15, -0.1) is 0 Å². The van der Waals surface area contributed by atoms with E-state index in [1.165, 1.54) is 0 Å². The van der Waals surface area contributed by atoms with Gasteiger partial charge in [0.2, 0.25) is 0 Å². The van der Waals surface area contributed by atoms with Gasteiger partial charge in [-0.1, -0.05) is 40.9 Å². The second-order valence-corrected chi connectivity index (χ2v) is 8.58. The van der Waals surface area contributed by atoms with Crippen molar-refractivity contribution in [3.8, 4) is 0 Å². The Kier molecular flexibility index (Phi) is 6.55. The average Bonchev–Trinajstić information content (AvgIpc) is 3.12. The number of amides is 2. The van der Waals surface area contributed by atoms with Crippen LogP contribution in [0.4, 0.5) is 5.69 Å². The van der Waals surface area contributed by atoms with Gasteiger partial charge in [-0.05, 0) is 56.2 Å². The molecule has 9 heteroatoms. The molecule has 2 N–H and O–H groups in total. The highest BCUT2D eigenvalue weighted by Crippen LogP contribution is 2.31. The molecule has 2 aromatic carbocycles. The van der Waals surface area contributed by atoms with Gasteiger partial charge in [0.15, 0.2) is 5.76 Å². The van der Waals surface area contributed by atoms with Crippen molar-refractivity contribution in [1.82, 2.24) is 5.43 Å². The van der Waals surface area contributed by atoms with Gasteiger partial charge in [-0.2, -0.15) is 5.10 Å². The molecule has 1 heterocycles. The molecule has 1 aromatic heterocycles. The van der Waals surface area contributed by atoms with E-state index in [4.69, 9.17) is 39.2 Å². The van der Waals surface area contributed by atoms with Gasteiger partial charge in [-0.3, -0.25) is 9.59 Å². The molecule has 2 amide bonds. The van der Waals surface area contributed by atoms with Crippen molar-refractivity contribution in [3.63, 3.8) is 0 Å². The Morgan fingerprint density at radius 3 is 2.56 bits per heavy atom. The van der Waals surface area contributed by atoms with E-state index < -0.39 is 5.91 Å². The lowest BCUT2D eigenvalue weighted by atomic mass is 9.93. The lowest BCUT2D eigenvalue weighted by Gasteiger charge is -2.13. The Balaban J connectivity index is 1.58. The fourth-order valence-electron chi connectivity index (χ4n) is 3.58. The minimum absolute atomic E-state index is 0.168. The van der Waals surface area contributed by atoms with Gasteiger partial charge in [0.1, 0.15) is 5.76 Å². The Morgan fingerprint density at radius 1 is 1.00 bits per heavy atom. The number of furan rings is 1. The first-order valence-corrected chi connectivity index (χ1v) is 11.0. The molecule has 0 fully saturated rings. The predicted octanol–water partition coefficient (Wildman–Crippen LogP) is 6.27. The molecule has 0 aliphatic heterocycles. The molecule has 0 bridgehead atoms. The number of aryl methyl sites for hydroxylation is 1. The third kappa shape index (κ3) is 4.67. The number of nitrogens with one attached hydrogen (secondary N) is 2. The molecule has 1 aliphatic carbocycles. The van der Waals surface area contributed by atoms with Crippen molar-refractivity contribution >= 4 is 58.0 Å². The molecule has 32 heavy (non-hydrogen) atoms. The third-order valence-electron chi connectivity index (χ3n) is 5.09. The maximum atomic E-state index is 12.9. The van der Waals surface area contributed by atoms with E-state index in [-0.39, 0.29) is 11.7 Å². The van der Waals surface area contributed by atoms with E-state index in [0.717, 1.165) is 12.0 Å². The van der Waals surface area contributed by atoms with Gasteiger partial charge < -0.3 is 9.73 Å². The Hall–Kier alpha value is -2.80. The minimum atomic E-state index is -0.441. The summed E-state index contributed by atoms with van der Waals surface area (Å²) in [6.45, 7) is 1.79. The zero-order valence-corrected chi connectivity index (χ0v) is 19.2. The van der Waals surface area contributed by atoms with Crippen molar-refractivity contribution in [2.75, 3.05) is 5.32 Å². The summed E-state index contributed by atoms with van der Waals surface area (Å²) in [6, 6.07) is 11.4. The highest BCUT2D eigenvalue weighted by molar-refractivity contribution is 6.36. The van der Waals surface area contributed by atoms with Crippen LogP contribution in [0.5, 0.6) is 0 Å². The quantitative estimate of drug-likeness (QED) is 0.423. The van der Waals surface area contributed by atoms with Crippen molar-refractivity contribution in [2.24, 2.45) is 5.10 Å². The number of halogens is 3. The number of carbonyl (C=O) groups is 2. The van der Waals surface area contributed by atoms with E-state index in [9.17, 15) is 9.59 Å². The van der Waals surface area contributed by atoms with E-state index >= 15 is 0 Å². The highest BCUT2D eigenvalue weighted by Gasteiger charge is 2.28. The number of anilines is 1. The van der Waals surface area contributed by atoms with Crippen molar-refractivity contribution < 1.29 is 14.0 Å². The Bertz CT molecular complexity index is 1250. The van der Waals surface area contributed by atoms with Crippen molar-refractivity contribution in [2.45, 2.75) is 26.2 Å². The summed E-state index contributed by atoms with van der Waals surface area (Å²) in [7, 11) is 0. The first-order chi connectivity index (χ1) is 15.3. The fraction of sp³-hybridized carbons (Fsp3) is 0.174. The highest BCUT2D eigenvalue weighted by atomic mass is 35.5. The largest absolute Gasteiger partial charge is 0.455 e. The predicted molar refractivity (Wildman–Crippen MR) is 126 cm³/mol. The molecule has 0 radical (unpaired) electrons. The summed E-state index contributed by atoms with van der Waals surface area (Å²) in [6.07, 6.45) is 2.10. The van der Waals surface area contributed by atoms with Crippen LogP contribution in [0.1, 0.15) is 50.6 Å². The summed E-state index contributed by atoms with van der Waals surface area (Å²) in [5, 5.41) is 8.33. The summed E-state index contributed by atoms with van der Waals surface area (Å²) >= 11 is 18.1. The van der Waals surface area contributed by atoms with Crippen LogP contribution in [0.3, 0.4) is 0 Å². The van der Waals surface area contributed by atoms with Crippen LogP contribution in [0.2, 0.25) is 15.1 Å². The fourth-order valence-corrected chi connectivity index (χ4v) is 4.11. The molecule has 0 saturated carbocycles. The topological polar surface area (TPSA) is 83.7 Å². The first kappa shape index (κ1) is 22.4. The zero-order chi connectivity index (χ0) is 22.8. The molecular formula is C23H18Cl3N3O3. The van der Waals surface area contributed by atoms with Gasteiger partial charge in [0, 0.05) is 33.2 Å². The minimum Gasteiger partial charge on any atom is -0.455 e. The normalized spacial score (nSPS) is 14.2. The number of fused-ring (bicyclic) bond motifs is 1. The van der Waals surface area contributed by atoms with Gasteiger partial charge in [0.25, 0.3) is 11.8 Å². The molecule has 3 aromatic rings. The summed E-state index contributed by atoms with van der Waals surface area (Å²) in [5.41, 5.74) is 5.41. The molecule has 0 spiro atoms. The van der Waals surface area contributed by atoms with E-state index in [2.05, 4.69) is 15.8 Å². The Labute approximate surface area is 199 Å². The zero-order valence-electron chi connectivity index (χ0n) is 17.0. The lowest BCUT2D eigenvalue weighted by Crippen LogP contribution is -2.22. The van der Waals surface area contributed by atoms with Crippen molar-refractivity contribution in [1.29, 1.82) is 0 Å². The van der Waals surface area contributed by atoms with Crippen LogP contribution in [0, 0.1) is 6.92 Å². The SMILES string of the molecule is Cc1c(C(=O)Nc2cc(Cl)ccc2Cl)oc2c1/C(=N/NC(=O)c1cccc(Cl)c1)CCC2. The number of nitrogens with zero attached hydrogens (tertiary/aromatic N) is 1. The smallest absolute Gasteiger partial charge is 0.291 e. The average molecular weight is 491 g/mol. The van der Waals surface area contributed by atoms with Crippen LogP contribution in [0.25, 0.3) is 0 Å². The summed E-state index contributed by atoms with van der Waals surface area (Å²) in [4.78, 5) is 25.3. The second kappa shape index (κ2) is 9.36. The van der Waals surface area contributed by atoms with E-state index in [1.807, 2.05) is 0 Å². The maximum absolute atomic E-state index is 12.9. The number of hydrazone groups is 1. The third-order valence-corrected chi connectivity index (χ3v) is 5.89. The van der Waals surface area contributed by atoms with Crippen LogP contribution < -0.4 is 10.7 Å². The Morgan fingerprint density at radius 2 is 1.78 bits per heavy atom. The number of carbonyl (C=O) groups excluding carboxylic acids is 2. The van der Waals surface area contributed by atoms with Crippen LogP contribution in [0.15, 0.2) is 52.0 Å². The molecule has 4 rings (SSSR count). The molecular weight excluding hydrogens is 473 g/mol. The van der Waals surface area contributed by atoms with Crippen LogP contribution in [-0.2, 0) is 6.42 Å². The number of hydrogen-bond acceptors (Lipinski definition) is 4. The van der Waals surface area contributed by atoms with E-state index in [0.29, 0.717) is 56.2 Å². The standard InChI is InChI=1S/C23H18Cl3N3O3/c1-12-20-17(28-29-22(30)13-4-2-5-14(24)10-13)6-3-7-19(20)32-21(12)23(31)27-18-11-15(25)8-9-16(18)26/h2,4-5,8-11H,3,6-7H2,1H3,(H,27,31)(H,29,30)/b28-17+. The maximum Gasteiger partial charge on any atom is 0.291 e. The molecule has 6 nitrogen and oxygen atoms in total. The van der Waals surface area contributed by atoms with Crippen LogP contribution in [-0.4, -0.2) is 17.5 Å².